The molecular formula is C35H60O4Si. The molecule has 4 nitrogen and oxygen atoms in total. The Morgan fingerprint density at radius 1 is 1.00 bits per heavy atom. The second-order valence-electron chi connectivity index (χ2n) is 16.6. The fourth-order valence-corrected chi connectivity index (χ4v) is 10.7. The van der Waals surface area contributed by atoms with Crippen molar-refractivity contribution in [2.75, 3.05) is 6.61 Å². The molecule has 0 spiro atoms. The van der Waals surface area contributed by atoms with Gasteiger partial charge in [0.1, 0.15) is 0 Å². The van der Waals surface area contributed by atoms with E-state index in [0.717, 1.165) is 38.7 Å². The van der Waals surface area contributed by atoms with E-state index in [4.69, 9.17) is 4.43 Å². The van der Waals surface area contributed by atoms with Crippen molar-refractivity contribution in [3.05, 3.63) is 11.6 Å². The van der Waals surface area contributed by atoms with E-state index in [-0.39, 0.29) is 21.3 Å². The molecule has 228 valence electrons. The van der Waals surface area contributed by atoms with Crippen LogP contribution in [-0.4, -0.2) is 31.8 Å². The normalized spacial score (nSPS) is 37.9. The third-order valence-corrected chi connectivity index (χ3v) is 18.0. The predicted molar refractivity (Wildman–Crippen MR) is 167 cm³/mol. The number of hydrogen-bond donors (Lipinski definition) is 1. The molecule has 0 heterocycles. The fraction of sp³-hybridized carbons (Fsp3) is 0.886. The molecule has 0 aromatic rings. The highest BCUT2D eigenvalue weighted by atomic mass is 28.4. The molecule has 0 aromatic carbocycles. The lowest BCUT2D eigenvalue weighted by Gasteiger charge is -2.62. The highest BCUT2D eigenvalue weighted by Crippen LogP contribution is 2.71. The van der Waals surface area contributed by atoms with Crippen molar-refractivity contribution >= 4 is 20.1 Å². The summed E-state index contributed by atoms with van der Waals surface area (Å²) in [4.78, 5) is 24.4. The molecule has 0 aromatic heterocycles. The van der Waals surface area contributed by atoms with Crippen LogP contribution in [0.4, 0.5) is 0 Å². The molecule has 0 radical (unpaired) electrons. The number of ketones is 1. The average Bonchev–Trinajstić information content (AvgIpc) is 3.10. The van der Waals surface area contributed by atoms with E-state index in [1.54, 1.807) is 0 Å². The maximum absolute atomic E-state index is 12.5. The van der Waals surface area contributed by atoms with Crippen LogP contribution in [0, 0.1) is 39.9 Å². The van der Waals surface area contributed by atoms with Gasteiger partial charge in [0.05, 0.1) is 6.42 Å². The van der Waals surface area contributed by atoms with Crippen molar-refractivity contribution in [3.8, 4) is 0 Å². The minimum absolute atomic E-state index is 0.106. The van der Waals surface area contributed by atoms with Crippen LogP contribution < -0.4 is 0 Å². The first-order valence-electron chi connectivity index (χ1n) is 16.6. The van der Waals surface area contributed by atoms with Crippen LogP contribution in [0.1, 0.15) is 131 Å². The maximum Gasteiger partial charge on any atom is 0.303 e. The number of hydrogen-bond acceptors (Lipinski definition) is 3. The molecule has 5 heteroatoms. The summed E-state index contributed by atoms with van der Waals surface area (Å²) in [6, 6.07) is 0. The first-order valence-corrected chi connectivity index (χ1v) is 19.5. The van der Waals surface area contributed by atoms with Gasteiger partial charge in [-0.05, 0) is 115 Å². The molecule has 4 aliphatic carbocycles. The number of fused-ring (bicyclic) bond motifs is 5. The van der Waals surface area contributed by atoms with Crippen molar-refractivity contribution in [2.45, 2.75) is 150 Å². The SMILES string of the molecule is CC(C)(C)[Si](C)(C)OCCCCCCC[C@@H]1CC2=CC(=O)CC[C@]2(C)C2CC[C@@]3(C)C(CC[C@]3(C)CC(=O)O)C21. The van der Waals surface area contributed by atoms with Gasteiger partial charge < -0.3 is 9.53 Å². The van der Waals surface area contributed by atoms with Gasteiger partial charge in [0.15, 0.2) is 14.1 Å². The second-order valence-corrected chi connectivity index (χ2v) is 21.4. The van der Waals surface area contributed by atoms with E-state index in [2.05, 4.69) is 54.6 Å². The number of carboxylic acid groups (broad SMARTS) is 1. The highest BCUT2D eigenvalue weighted by molar-refractivity contribution is 6.74. The molecule has 4 aliphatic rings. The van der Waals surface area contributed by atoms with Gasteiger partial charge in [-0.3, -0.25) is 9.59 Å². The zero-order valence-electron chi connectivity index (χ0n) is 27.2. The topological polar surface area (TPSA) is 63.6 Å². The molecule has 3 fully saturated rings. The fourth-order valence-electron chi connectivity index (χ4n) is 9.57. The lowest BCUT2D eigenvalue weighted by atomic mass is 9.43. The van der Waals surface area contributed by atoms with Crippen LogP contribution in [0.15, 0.2) is 11.6 Å². The van der Waals surface area contributed by atoms with E-state index in [9.17, 15) is 14.7 Å². The summed E-state index contributed by atoms with van der Waals surface area (Å²) >= 11 is 0. The summed E-state index contributed by atoms with van der Waals surface area (Å²) < 4.78 is 6.38. The third-order valence-electron chi connectivity index (χ3n) is 13.4. The van der Waals surface area contributed by atoms with Gasteiger partial charge in [-0.25, -0.2) is 0 Å². The lowest BCUT2D eigenvalue weighted by molar-refractivity contribution is -0.145. The molecule has 0 bridgehead atoms. The minimum Gasteiger partial charge on any atom is -0.481 e. The van der Waals surface area contributed by atoms with Gasteiger partial charge in [0.2, 0.25) is 0 Å². The molecule has 7 atom stereocenters. The van der Waals surface area contributed by atoms with E-state index in [1.165, 1.54) is 50.5 Å². The number of unbranched alkanes of at least 4 members (excludes halogenated alkanes) is 4. The Bertz CT molecular complexity index is 978. The van der Waals surface area contributed by atoms with Crippen LogP contribution in [0.3, 0.4) is 0 Å². The lowest BCUT2D eigenvalue weighted by Crippen LogP contribution is -2.55. The second kappa shape index (κ2) is 11.6. The molecule has 40 heavy (non-hydrogen) atoms. The summed E-state index contributed by atoms with van der Waals surface area (Å²) in [6.07, 6.45) is 17.2. The van der Waals surface area contributed by atoms with E-state index in [1.807, 2.05) is 6.08 Å². The number of carbonyl (C=O) groups excluding carboxylic acids is 1. The molecule has 1 N–H and O–H groups in total. The Hall–Kier alpha value is -0.943. The van der Waals surface area contributed by atoms with E-state index in [0.29, 0.717) is 42.3 Å². The van der Waals surface area contributed by atoms with Crippen LogP contribution >= 0.6 is 0 Å². The molecule has 3 unspecified atom stereocenters. The Labute approximate surface area is 246 Å². The summed E-state index contributed by atoms with van der Waals surface area (Å²) in [5.41, 5.74) is 1.61. The van der Waals surface area contributed by atoms with Gasteiger partial charge in [-0.1, -0.05) is 72.8 Å². The quantitative estimate of drug-likeness (QED) is 0.198. The molecule has 0 aliphatic heterocycles. The first-order chi connectivity index (χ1) is 18.5. The summed E-state index contributed by atoms with van der Waals surface area (Å²) in [6.45, 7) is 19.7. The summed E-state index contributed by atoms with van der Waals surface area (Å²) in [5.74, 6) is 2.26. The van der Waals surface area contributed by atoms with Crippen molar-refractivity contribution < 1.29 is 19.1 Å². The summed E-state index contributed by atoms with van der Waals surface area (Å²) in [7, 11) is -1.64. The zero-order chi connectivity index (χ0) is 29.6. The minimum atomic E-state index is -1.64. The number of rotatable bonds is 11. The molecule has 0 amide bonds. The molecule has 0 saturated heterocycles. The third kappa shape index (κ3) is 5.94. The zero-order valence-corrected chi connectivity index (χ0v) is 28.2. The van der Waals surface area contributed by atoms with E-state index < -0.39 is 14.3 Å². The van der Waals surface area contributed by atoms with Gasteiger partial charge in [0.25, 0.3) is 0 Å². The van der Waals surface area contributed by atoms with Crippen LogP contribution in [0.5, 0.6) is 0 Å². The van der Waals surface area contributed by atoms with Gasteiger partial charge >= 0.3 is 5.97 Å². The maximum atomic E-state index is 12.5. The van der Waals surface area contributed by atoms with Crippen LogP contribution in [0.2, 0.25) is 18.1 Å². The molecule has 4 rings (SSSR count). The smallest absolute Gasteiger partial charge is 0.303 e. The van der Waals surface area contributed by atoms with Gasteiger partial charge in [0, 0.05) is 13.0 Å². The first kappa shape index (κ1) is 32.0. The number of aliphatic carboxylic acids is 1. The Kier molecular flexibility index (Phi) is 9.29. The molecule has 3 saturated carbocycles. The average molecular weight is 573 g/mol. The van der Waals surface area contributed by atoms with Crippen molar-refractivity contribution in [2.24, 2.45) is 39.9 Å². The Morgan fingerprint density at radius 3 is 2.33 bits per heavy atom. The van der Waals surface area contributed by atoms with E-state index >= 15 is 0 Å². The van der Waals surface area contributed by atoms with Crippen molar-refractivity contribution in [1.29, 1.82) is 0 Å². The Balaban J connectivity index is 1.40. The van der Waals surface area contributed by atoms with Gasteiger partial charge in [-0.2, -0.15) is 0 Å². The number of allylic oxidation sites excluding steroid dienone is 1. The molecular weight excluding hydrogens is 512 g/mol. The van der Waals surface area contributed by atoms with Crippen LogP contribution in [-0.2, 0) is 14.0 Å². The number of carbonyl (C=O) groups is 2. The number of carboxylic acids is 1. The van der Waals surface area contributed by atoms with Crippen LogP contribution in [0.25, 0.3) is 0 Å². The standard InChI is InChI=1S/C35H60O4Si/c1-32(2,3)40(7,8)39-21-13-11-9-10-12-14-25-22-26-23-27(36)15-19-34(26,5)28-17-20-35(6)29(31(25)28)16-18-33(35,4)24-30(37)38/h23,25,28-29,31H,9-22,24H2,1-8H3,(H,37,38)/t25-,28?,29?,31?,33-,34+,35+/m1/s1. The predicted octanol–water partition coefficient (Wildman–Crippen LogP) is 9.59. The Morgan fingerprint density at radius 2 is 1.65 bits per heavy atom. The van der Waals surface area contributed by atoms with Crippen molar-refractivity contribution in [1.82, 2.24) is 0 Å². The largest absolute Gasteiger partial charge is 0.481 e. The van der Waals surface area contributed by atoms with Gasteiger partial charge in [-0.15, -0.1) is 0 Å². The summed E-state index contributed by atoms with van der Waals surface area (Å²) in [5, 5.41) is 10.1. The highest BCUT2D eigenvalue weighted by Gasteiger charge is 2.64. The van der Waals surface area contributed by atoms with Crippen molar-refractivity contribution in [3.63, 3.8) is 0 Å². The monoisotopic (exact) mass is 572 g/mol.